The minimum Gasteiger partial charge on any atom is -0.378 e. The van der Waals surface area contributed by atoms with Crippen molar-refractivity contribution in [3.63, 3.8) is 0 Å². The molecule has 3 heterocycles. The Morgan fingerprint density at radius 3 is 2.59 bits per heavy atom. The molecule has 0 spiro atoms. The van der Waals surface area contributed by atoms with E-state index in [2.05, 4.69) is 10.1 Å². The van der Waals surface area contributed by atoms with E-state index in [9.17, 15) is 4.79 Å². The lowest BCUT2D eigenvalue weighted by atomic mass is 10.0. The lowest BCUT2D eigenvalue weighted by molar-refractivity contribution is 0.0304. The van der Waals surface area contributed by atoms with Crippen LogP contribution in [0.25, 0.3) is 22.4 Å². The molecule has 27 heavy (non-hydrogen) atoms. The average molecular weight is 363 g/mol. The summed E-state index contributed by atoms with van der Waals surface area (Å²) in [5, 5.41) is 4.98. The van der Waals surface area contributed by atoms with Gasteiger partial charge in [0.1, 0.15) is 5.69 Å². The molecule has 1 saturated heterocycles. The molecule has 2 aromatic heterocycles. The van der Waals surface area contributed by atoms with Gasteiger partial charge in [-0.3, -0.25) is 4.79 Å². The molecule has 3 aromatic rings. The van der Waals surface area contributed by atoms with Gasteiger partial charge in [-0.05, 0) is 25.8 Å². The van der Waals surface area contributed by atoms with Gasteiger partial charge in [-0.15, -0.1) is 0 Å². The van der Waals surface area contributed by atoms with Crippen LogP contribution in [0.3, 0.4) is 0 Å². The Bertz CT molecular complexity index is 999. The van der Waals surface area contributed by atoms with Crippen LogP contribution in [-0.4, -0.2) is 47.3 Å². The van der Waals surface area contributed by atoms with Crippen LogP contribution in [0.5, 0.6) is 0 Å². The number of hydrogen-bond donors (Lipinski definition) is 0. The summed E-state index contributed by atoms with van der Waals surface area (Å²) in [6.07, 6.45) is 2.23. The average Bonchev–Trinajstić information content (AvgIpc) is 3.48. The first-order valence-electron chi connectivity index (χ1n) is 9.45. The van der Waals surface area contributed by atoms with Crippen LogP contribution in [0.4, 0.5) is 0 Å². The van der Waals surface area contributed by atoms with Gasteiger partial charge in [0.2, 0.25) is 0 Å². The number of pyridine rings is 1. The number of nitrogens with zero attached hydrogens (tertiary/aromatic N) is 3. The number of amides is 1. The third kappa shape index (κ3) is 3.00. The standard InChI is InChI=1S/C21H21N3O3/c1-13-2-4-15(5-3-13)19-18-16(21(25)24-8-10-26-11-9-24)12-17(14-6-7-14)22-20(18)27-23-19/h2-5,12,14H,6-11H2,1H3. The second-order valence-electron chi connectivity index (χ2n) is 7.35. The highest BCUT2D eigenvalue weighted by atomic mass is 16.5. The molecule has 1 saturated carbocycles. The predicted octanol–water partition coefficient (Wildman–Crippen LogP) is 3.55. The Morgan fingerprint density at radius 1 is 1.15 bits per heavy atom. The summed E-state index contributed by atoms with van der Waals surface area (Å²) in [6.45, 7) is 4.40. The van der Waals surface area contributed by atoms with Crippen molar-refractivity contribution in [2.45, 2.75) is 25.7 Å². The lowest BCUT2D eigenvalue weighted by Gasteiger charge is -2.27. The Labute approximate surface area is 157 Å². The van der Waals surface area contributed by atoms with Crippen molar-refractivity contribution in [3.05, 3.63) is 47.2 Å². The van der Waals surface area contributed by atoms with Crippen LogP contribution in [0.1, 0.15) is 40.4 Å². The van der Waals surface area contributed by atoms with Crippen LogP contribution in [-0.2, 0) is 4.74 Å². The fourth-order valence-electron chi connectivity index (χ4n) is 3.57. The molecule has 6 heteroatoms. The summed E-state index contributed by atoms with van der Waals surface area (Å²) >= 11 is 0. The van der Waals surface area contributed by atoms with E-state index in [0.717, 1.165) is 24.1 Å². The highest BCUT2D eigenvalue weighted by molar-refractivity contribution is 6.09. The number of aromatic nitrogens is 2. The van der Waals surface area contributed by atoms with Crippen molar-refractivity contribution in [1.82, 2.24) is 15.0 Å². The number of rotatable bonds is 3. The van der Waals surface area contributed by atoms with Crippen LogP contribution in [0, 0.1) is 6.92 Å². The maximum absolute atomic E-state index is 13.3. The smallest absolute Gasteiger partial charge is 0.259 e. The molecule has 2 fully saturated rings. The van der Waals surface area contributed by atoms with E-state index in [1.165, 1.54) is 5.56 Å². The van der Waals surface area contributed by atoms with Crippen molar-refractivity contribution in [3.8, 4) is 11.3 Å². The molecule has 6 nitrogen and oxygen atoms in total. The van der Waals surface area contributed by atoms with Gasteiger partial charge in [-0.1, -0.05) is 35.0 Å². The Hall–Kier alpha value is -2.73. The zero-order valence-electron chi connectivity index (χ0n) is 15.3. The quantitative estimate of drug-likeness (QED) is 0.712. The van der Waals surface area contributed by atoms with Crippen molar-refractivity contribution in [1.29, 1.82) is 0 Å². The zero-order chi connectivity index (χ0) is 18.4. The molecule has 2 aliphatic rings. The fraction of sp³-hybridized carbons (Fsp3) is 0.381. The summed E-state index contributed by atoms with van der Waals surface area (Å²) in [6, 6.07) is 10.0. The number of ether oxygens (including phenoxy) is 1. The van der Waals surface area contributed by atoms with Gasteiger partial charge >= 0.3 is 0 Å². The molecule has 1 aromatic carbocycles. The highest BCUT2D eigenvalue weighted by Gasteiger charge is 2.31. The normalized spacial score (nSPS) is 17.4. The predicted molar refractivity (Wildman–Crippen MR) is 101 cm³/mol. The van der Waals surface area contributed by atoms with Gasteiger partial charge in [0.05, 0.1) is 24.2 Å². The van der Waals surface area contributed by atoms with Crippen molar-refractivity contribution in [2.75, 3.05) is 26.3 Å². The van der Waals surface area contributed by atoms with Gasteiger partial charge in [0, 0.05) is 30.3 Å². The summed E-state index contributed by atoms with van der Waals surface area (Å²) in [4.78, 5) is 19.8. The maximum Gasteiger partial charge on any atom is 0.259 e. The van der Waals surface area contributed by atoms with Crippen LogP contribution in [0.15, 0.2) is 34.9 Å². The highest BCUT2D eigenvalue weighted by Crippen LogP contribution is 2.41. The number of carbonyl (C=O) groups is 1. The second kappa shape index (κ2) is 6.46. The molecule has 0 bridgehead atoms. The number of carbonyl (C=O) groups excluding carboxylic acids is 1. The minimum absolute atomic E-state index is 0.00385. The van der Waals surface area contributed by atoms with E-state index in [1.807, 2.05) is 42.2 Å². The number of fused-ring (bicyclic) bond motifs is 1. The van der Waals surface area contributed by atoms with Gasteiger partial charge in [0.15, 0.2) is 0 Å². The van der Waals surface area contributed by atoms with Crippen molar-refractivity contribution in [2.24, 2.45) is 0 Å². The third-order valence-electron chi connectivity index (χ3n) is 5.32. The molecule has 1 aliphatic carbocycles. The Kier molecular flexibility index (Phi) is 3.93. The van der Waals surface area contributed by atoms with Crippen LogP contribution in [0.2, 0.25) is 0 Å². The van der Waals surface area contributed by atoms with E-state index in [0.29, 0.717) is 54.6 Å². The fourth-order valence-corrected chi connectivity index (χ4v) is 3.57. The van der Waals surface area contributed by atoms with Gasteiger partial charge in [-0.25, -0.2) is 4.98 Å². The summed E-state index contributed by atoms with van der Waals surface area (Å²) in [7, 11) is 0. The second-order valence-corrected chi connectivity index (χ2v) is 7.35. The molecule has 0 N–H and O–H groups in total. The summed E-state index contributed by atoms with van der Waals surface area (Å²) < 4.78 is 11.0. The molecule has 0 atom stereocenters. The molecule has 1 aliphatic heterocycles. The maximum atomic E-state index is 13.3. The van der Waals surface area contributed by atoms with Crippen molar-refractivity contribution < 1.29 is 14.1 Å². The lowest BCUT2D eigenvalue weighted by Crippen LogP contribution is -2.40. The topological polar surface area (TPSA) is 68.5 Å². The largest absolute Gasteiger partial charge is 0.378 e. The van der Waals surface area contributed by atoms with E-state index in [1.54, 1.807) is 0 Å². The molecule has 1 amide bonds. The number of aryl methyl sites for hydroxylation is 1. The first-order valence-corrected chi connectivity index (χ1v) is 9.45. The molecule has 138 valence electrons. The molecule has 0 radical (unpaired) electrons. The number of benzene rings is 1. The minimum atomic E-state index is 0.00385. The first-order chi connectivity index (χ1) is 13.2. The first kappa shape index (κ1) is 16.4. The Morgan fingerprint density at radius 2 is 1.89 bits per heavy atom. The van der Waals surface area contributed by atoms with Gasteiger partial charge < -0.3 is 14.2 Å². The van der Waals surface area contributed by atoms with E-state index in [4.69, 9.17) is 9.26 Å². The third-order valence-corrected chi connectivity index (χ3v) is 5.32. The zero-order valence-corrected chi connectivity index (χ0v) is 15.3. The molecular formula is C21H21N3O3. The van der Waals surface area contributed by atoms with E-state index in [-0.39, 0.29) is 5.91 Å². The van der Waals surface area contributed by atoms with Crippen molar-refractivity contribution >= 4 is 17.0 Å². The number of hydrogen-bond acceptors (Lipinski definition) is 5. The van der Waals surface area contributed by atoms with E-state index < -0.39 is 0 Å². The molecular weight excluding hydrogens is 342 g/mol. The Balaban J connectivity index is 1.67. The van der Waals surface area contributed by atoms with Gasteiger partial charge in [-0.2, -0.15) is 0 Å². The number of morpholine rings is 1. The van der Waals surface area contributed by atoms with Crippen LogP contribution < -0.4 is 0 Å². The molecule has 5 rings (SSSR count). The summed E-state index contributed by atoms with van der Waals surface area (Å²) in [5.74, 6) is 0.433. The van der Waals surface area contributed by atoms with E-state index >= 15 is 0 Å². The molecule has 0 unspecified atom stereocenters. The van der Waals surface area contributed by atoms with Gasteiger partial charge in [0.25, 0.3) is 11.6 Å². The SMILES string of the molecule is Cc1ccc(-c2noc3nc(C4CC4)cc(C(=O)N4CCOCC4)c23)cc1. The van der Waals surface area contributed by atoms with Crippen LogP contribution >= 0.6 is 0 Å². The summed E-state index contributed by atoms with van der Waals surface area (Å²) in [5.41, 5.74) is 4.80. The monoisotopic (exact) mass is 363 g/mol.